The molecule has 5 heteroatoms. The summed E-state index contributed by atoms with van der Waals surface area (Å²) in [6.45, 7) is 8.35. The first-order valence-electron chi connectivity index (χ1n) is 9.83. The zero-order valence-electron chi connectivity index (χ0n) is 16.5. The van der Waals surface area contributed by atoms with E-state index in [2.05, 4.69) is 24.1 Å². The van der Waals surface area contributed by atoms with Crippen molar-refractivity contribution >= 4 is 28.3 Å². The number of rotatable bonds is 6. The highest BCUT2D eigenvalue weighted by atomic mass is 16.1. The second-order valence-corrected chi connectivity index (χ2v) is 8.03. The average Bonchev–Trinajstić information content (AvgIpc) is 2.61. The van der Waals surface area contributed by atoms with Crippen LogP contribution in [0, 0.1) is 11.8 Å². The molecule has 1 atom stereocenters. The third kappa shape index (κ3) is 5.36. The third-order valence-corrected chi connectivity index (χ3v) is 5.02. The van der Waals surface area contributed by atoms with Gasteiger partial charge in [-0.3, -0.25) is 19.5 Å². The van der Waals surface area contributed by atoms with E-state index in [9.17, 15) is 9.59 Å². The van der Waals surface area contributed by atoms with Crippen molar-refractivity contribution in [2.24, 2.45) is 11.8 Å². The van der Waals surface area contributed by atoms with E-state index >= 15 is 0 Å². The lowest BCUT2D eigenvalue weighted by Gasteiger charge is -2.32. The lowest BCUT2D eigenvalue weighted by atomic mass is 9.89. The van der Waals surface area contributed by atoms with E-state index in [1.165, 1.54) is 6.92 Å². The number of pyridine rings is 1. The number of anilines is 1. The number of carbonyl (C=O) groups is 2. The van der Waals surface area contributed by atoms with E-state index in [0.29, 0.717) is 18.1 Å². The zero-order valence-corrected chi connectivity index (χ0v) is 16.5. The molecule has 144 valence electrons. The molecule has 1 aromatic heterocycles. The van der Waals surface area contributed by atoms with Gasteiger partial charge in [-0.2, -0.15) is 0 Å². The highest BCUT2D eigenvalue weighted by Crippen LogP contribution is 2.23. The highest BCUT2D eigenvalue weighted by Gasteiger charge is 2.26. The number of nitrogens with zero attached hydrogens (tertiary/aromatic N) is 2. The van der Waals surface area contributed by atoms with E-state index in [4.69, 9.17) is 4.98 Å². The van der Waals surface area contributed by atoms with Gasteiger partial charge in [-0.05, 0) is 49.6 Å². The van der Waals surface area contributed by atoms with E-state index in [0.717, 1.165) is 54.8 Å². The number of ketones is 1. The molecule has 2 aromatic rings. The molecule has 0 radical (unpaired) electrons. The number of benzene rings is 1. The van der Waals surface area contributed by atoms with Crippen molar-refractivity contribution < 1.29 is 9.59 Å². The van der Waals surface area contributed by atoms with Crippen LogP contribution in [0.5, 0.6) is 0 Å². The molecular formula is C22H29N3O2. The van der Waals surface area contributed by atoms with Crippen LogP contribution >= 0.6 is 0 Å². The van der Waals surface area contributed by atoms with Gasteiger partial charge >= 0.3 is 0 Å². The minimum absolute atomic E-state index is 0.0782. The van der Waals surface area contributed by atoms with Crippen LogP contribution in [0.3, 0.4) is 0 Å². The molecule has 1 aromatic carbocycles. The van der Waals surface area contributed by atoms with E-state index < -0.39 is 0 Å². The van der Waals surface area contributed by atoms with Crippen molar-refractivity contribution in [1.82, 2.24) is 9.88 Å². The van der Waals surface area contributed by atoms with E-state index in [-0.39, 0.29) is 11.8 Å². The van der Waals surface area contributed by atoms with Crippen LogP contribution in [-0.2, 0) is 16.1 Å². The average molecular weight is 367 g/mol. The van der Waals surface area contributed by atoms with Gasteiger partial charge in [0.15, 0.2) is 0 Å². The molecule has 1 saturated heterocycles. The number of fused-ring (bicyclic) bond motifs is 1. The molecule has 1 unspecified atom stereocenters. The summed E-state index contributed by atoms with van der Waals surface area (Å²) in [5.41, 5.74) is 2.73. The molecule has 0 bridgehead atoms. The smallest absolute Gasteiger partial charge is 0.221 e. The Balaban J connectivity index is 1.67. The molecule has 5 nitrogen and oxygen atoms in total. The largest absolute Gasteiger partial charge is 0.326 e. The maximum Gasteiger partial charge on any atom is 0.221 e. The molecule has 1 aliphatic heterocycles. The number of amides is 1. The maximum absolute atomic E-state index is 12.4. The van der Waals surface area contributed by atoms with E-state index in [1.807, 2.05) is 30.3 Å². The van der Waals surface area contributed by atoms with Crippen LogP contribution in [0.2, 0.25) is 0 Å². The summed E-state index contributed by atoms with van der Waals surface area (Å²) in [7, 11) is 0. The van der Waals surface area contributed by atoms with Crippen LogP contribution in [0.25, 0.3) is 10.9 Å². The van der Waals surface area contributed by atoms with Gasteiger partial charge in [0.2, 0.25) is 5.91 Å². The fraction of sp³-hybridized carbons (Fsp3) is 0.500. The molecule has 3 rings (SSSR count). The second-order valence-electron chi connectivity index (χ2n) is 8.03. The minimum atomic E-state index is -0.0782. The first kappa shape index (κ1) is 19.5. The van der Waals surface area contributed by atoms with Gasteiger partial charge in [0, 0.05) is 43.4 Å². The Bertz CT molecular complexity index is 831. The van der Waals surface area contributed by atoms with Crippen molar-refractivity contribution in [3.8, 4) is 0 Å². The molecule has 0 saturated carbocycles. The Hall–Kier alpha value is -2.27. The van der Waals surface area contributed by atoms with Crippen molar-refractivity contribution in [3.63, 3.8) is 0 Å². The fourth-order valence-electron chi connectivity index (χ4n) is 3.80. The molecule has 0 spiro atoms. The summed E-state index contributed by atoms with van der Waals surface area (Å²) in [4.78, 5) is 30.7. The standard InChI is InChI=1S/C22H29N3O2/c1-15(2)11-22(27)18-5-4-10-25(13-18)14-20-7-6-17-12-19(23-16(3)26)8-9-21(17)24-20/h6-9,12,15,18H,4-5,10-11,13-14H2,1-3H3,(H,23,26). The molecule has 0 aliphatic carbocycles. The number of nitrogens with one attached hydrogen (secondary N) is 1. The Morgan fingerprint density at radius 1 is 1.26 bits per heavy atom. The summed E-state index contributed by atoms with van der Waals surface area (Å²) >= 11 is 0. The Kier molecular flexibility index (Phi) is 6.22. The number of likely N-dealkylation sites (tertiary alicyclic amines) is 1. The van der Waals surface area contributed by atoms with Crippen molar-refractivity contribution in [1.29, 1.82) is 0 Å². The normalized spacial score (nSPS) is 18.0. The number of piperidine rings is 1. The molecule has 1 fully saturated rings. The van der Waals surface area contributed by atoms with Gasteiger partial charge in [0.25, 0.3) is 0 Å². The summed E-state index contributed by atoms with van der Waals surface area (Å²) < 4.78 is 0. The molecular weight excluding hydrogens is 338 g/mol. The van der Waals surface area contributed by atoms with E-state index in [1.54, 1.807) is 0 Å². The summed E-state index contributed by atoms with van der Waals surface area (Å²) in [5.74, 6) is 0.927. The Labute approximate surface area is 161 Å². The number of hydrogen-bond acceptors (Lipinski definition) is 4. The number of carbonyl (C=O) groups excluding carboxylic acids is 2. The van der Waals surface area contributed by atoms with Crippen molar-refractivity contribution in [2.75, 3.05) is 18.4 Å². The summed E-state index contributed by atoms with van der Waals surface area (Å²) in [5, 5.41) is 3.81. The van der Waals surface area contributed by atoms with Crippen molar-refractivity contribution in [2.45, 2.75) is 46.6 Å². The lowest BCUT2D eigenvalue weighted by Crippen LogP contribution is -2.38. The zero-order chi connectivity index (χ0) is 19.4. The SMILES string of the molecule is CC(=O)Nc1ccc2nc(CN3CCCC(C(=O)CC(C)C)C3)ccc2c1. The van der Waals surface area contributed by atoms with Gasteiger partial charge in [-0.15, -0.1) is 0 Å². The quantitative estimate of drug-likeness (QED) is 0.838. The lowest BCUT2D eigenvalue weighted by molar-refractivity contribution is -0.125. The molecule has 2 heterocycles. The fourth-order valence-corrected chi connectivity index (χ4v) is 3.80. The van der Waals surface area contributed by atoms with Crippen LogP contribution in [-0.4, -0.2) is 34.7 Å². The molecule has 27 heavy (non-hydrogen) atoms. The topological polar surface area (TPSA) is 62.3 Å². The molecule has 1 aliphatic rings. The van der Waals surface area contributed by atoms with Gasteiger partial charge in [-0.25, -0.2) is 0 Å². The van der Waals surface area contributed by atoms with Gasteiger partial charge in [-0.1, -0.05) is 19.9 Å². The number of Topliss-reactive ketones (excluding diaryl/α,β-unsaturated/α-hetero) is 1. The predicted molar refractivity (Wildman–Crippen MR) is 109 cm³/mol. The molecule has 1 N–H and O–H groups in total. The van der Waals surface area contributed by atoms with Crippen LogP contribution in [0.1, 0.15) is 45.7 Å². The Morgan fingerprint density at radius 2 is 2.07 bits per heavy atom. The van der Waals surface area contributed by atoms with Crippen LogP contribution in [0.4, 0.5) is 5.69 Å². The second kappa shape index (κ2) is 8.61. The number of aromatic nitrogens is 1. The van der Waals surface area contributed by atoms with Crippen LogP contribution < -0.4 is 5.32 Å². The minimum Gasteiger partial charge on any atom is -0.326 e. The first-order valence-corrected chi connectivity index (χ1v) is 9.83. The predicted octanol–water partition coefficient (Wildman–Crippen LogP) is 4.02. The third-order valence-electron chi connectivity index (χ3n) is 5.02. The monoisotopic (exact) mass is 367 g/mol. The summed E-state index contributed by atoms with van der Waals surface area (Å²) in [6.07, 6.45) is 2.77. The van der Waals surface area contributed by atoms with Gasteiger partial charge < -0.3 is 5.32 Å². The highest BCUT2D eigenvalue weighted by molar-refractivity contribution is 5.92. The van der Waals surface area contributed by atoms with Crippen molar-refractivity contribution in [3.05, 3.63) is 36.0 Å². The first-order chi connectivity index (χ1) is 12.9. The Morgan fingerprint density at radius 3 is 2.81 bits per heavy atom. The van der Waals surface area contributed by atoms with Gasteiger partial charge in [0.1, 0.15) is 5.78 Å². The number of hydrogen-bond donors (Lipinski definition) is 1. The van der Waals surface area contributed by atoms with Gasteiger partial charge in [0.05, 0.1) is 11.2 Å². The van der Waals surface area contributed by atoms with Crippen LogP contribution in [0.15, 0.2) is 30.3 Å². The summed E-state index contributed by atoms with van der Waals surface area (Å²) in [6, 6.07) is 9.85. The molecule has 1 amide bonds. The maximum atomic E-state index is 12.4.